The van der Waals surface area contributed by atoms with Crippen LogP contribution in [-0.2, 0) is 11.2 Å². The number of likely N-dealkylation sites (N-methyl/N-ethyl adjacent to an activating group) is 1. The monoisotopic (exact) mass is 276 g/mol. The van der Waals surface area contributed by atoms with E-state index < -0.39 is 0 Å². The summed E-state index contributed by atoms with van der Waals surface area (Å²) in [5, 5.41) is 6.29. The summed E-state index contributed by atoms with van der Waals surface area (Å²) in [6, 6.07) is 8.56. The van der Waals surface area contributed by atoms with Crippen molar-refractivity contribution in [1.29, 1.82) is 0 Å². The highest BCUT2D eigenvalue weighted by Gasteiger charge is 2.13. The van der Waals surface area contributed by atoms with Crippen LogP contribution in [0.25, 0.3) is 0 Å². The van der Waals surface area contributed by atoms with E-state index >= 15 is 0 Å². The fraction of sp³-hybridized carbons (Fsp3) is 0.588. The van der Waals surface area contributed by atoms with Gasteiger partial charge in [-0.2, -0.15) is 0 Å². The lowest BCUT2D eigenvalue weighted by Gasteiger charge is -2.23. The number of hydrogen-bond donors (Lipinski definition) is 2. The second kappa shape index (κ2) is 8.62. The summed E-state index contributed by atoms with van der Waals surface area (Å²) in [7, 11) is 1.68. The van der Waals surface area contributed by atoms with E-state index in [-0.39, 0.29) is 5.91 Å². The van der Waals surface area contributed by atoms with Crippen LogP contribution in [0.2, 0.25) is 0 Å². The molecular formula is C17H28N2O. The predicted octanol–water partition coefficient (Wildman–Crippen LogP) is 3.60. The van der Waals surface area contributed by atoms with Crippen molar-refractivity contribution < 1.29 is 4.79 Å². The number of amides is 1. The maximum Gasteiger partial charge on any atom is 0.224 e. The first-order valence-corrected chi connectivity index (χ1v) is 7.65. The zero-order valence-electron chi connectivity index (χ0n) is 13.2. The van der Waals surface area contributed by atoms with Crippen molar-refractivity contribution in [2.24, 2.45) is 5.92 Å². The Kier molecular flexibility index (Phi) is 7.13. The van der Waals surface area contributed by atoms with Crippen molar-refractivity contribution in [3.8, 4) is 0 Å². The fourth-order valence-corrected chi connectivity index (χ4v) is 2.28. The van der Waals surface area contributed by atoms with Crippen LogP contribution in [0.3, 0.4) is 0 Å². The molecule has 0 saturated carbocycles. The van der Waals surface area contributed by atoms with Gasteiger partial charge in [-0.15, -0.1) is 0 Å². The fourth-order valence-electron chi connectivity index (χ4n) is 2.28. The van der Waals surface area contributed by atoms with Crippen molar-refractivity contribution in [3.05, 3.63) is 29.8 Å². The Hall–Kier alpha value is -1.51. The van der Waals surface area contributed by atoms with Crippen LogP contribution in [0.15, 0.2) is 24.3 Å². The number of rotatable bonds is 8. The molecule has 0 fully saturated rings. The minimum atomic E-state index is 0.0502. The molecule has 1 aromatic rings. The molecule has 112 valence electrons. The lowest BCUT2D eigenvalue weighted by atomic mass is 9.97. The van der Waals surface area contributed by atoms with Gasteiger partial charge >= 0.3 is 0 Å². The van der Waals surface area contributed by atoms with Gasteiger partial charge in [0.15, 0.2) is 0 Å². The summed E-state index contributed by atoms with van der Waals surface area (Å²) in [6.07, 6.45) is 3.90. The maximum atomic E-state index is 11.6. The van der Waals surface area contributed by atoms with Crippen molar-refractivity contribution >= 4 is 11.6 Å². The number of anilines is 1. The van der Waals surface area contributed by atoms with Crippen LogP contribution < -0.4 is 10.6 Å². The summed E-state index contributed by atoms with van der Waals surface area (Å²) in [4.78, 5) is 11.6. The Balaban J connectivity index is 2.76. The van der Waals surface area contributed by atoms with Crippen LogP contribution in [0, 0.1) is 5.92 Å². The van der Waals surface area contributed by atoms with Crippen LogP contribution in [0.1, 0.15) is 45.6 Å². The maximum absolute atomic E-state index is 11.6. The lowest BCUT2D eigenvalue weighted by molar-refractivity contribution is -0.119. The molecule has 20 heavy (non-hydrogen) atoms. The molecule has 2 N–H and O–H groups in total. The van der Waals surface area contributed by atoms with Crippen molar-refractivity contribution in [2.45, 2.75) is 52.5 Å². The summed E-state index contributed by atoms with van der Waals surface area (Å²) in [6.45, 7) is 6.74. The van der Waals surface area contributed by atoms with Gasteiger partial charge in [0.1, 0.15) is 0 Å². The average Bonchev–Trinajstić information content (AvgIpc) is 2.47. The van der Waals surface area contributed by atoms with Crippen LogP contribution in [-0.4, -0.2) is 19.0 Å². The molecular weight excluding hydrogens is 248 g/mol. The van der Waals surface area contributed by atoms with Gasteiger partial charge < -0.3 is 10.6 Å². The van der Waals surface area contributed by atoms with Gasteiger partial charge in [0.05, 0.1) is 6.42 Å². The topological polar surface area (TPSA) is 41.1 Å². The van der Waals surface area contributed by atoms with E-state index in [1.807, 2.05) is 18.2 Å². The van der Waals surface area contributed by atoms with Gasteiger partial charge in [0.2, 0.25) is 5.91 Å². The first kappa shape index (κ1) is 16.5. The summed E-state index contributed by atoms with van der Waals surface area (Å²) in [5.74, 6) is 0.771. The number of benzene rings is 1. The zero-order chi connectivity index (χ0) is 15.0. The smallest absolute Gasteiger partial charge is 0.224 e. The molecule has 0 saturated heterocycles. The summed E-state index contributed by atoms with van der Waals surface area (Å²) < 4.78 is 0. The highest BCUT2D eigenvalue weighted by atomic mass is 16.1. The Morgan fingerprint density at radius 1 is 1.20 bits per heavy atom. The molecule has 2 unspecified atom stereocenters. The van der Waals surface area contributed by atoms with Crippen LogP contribution in [0.5, 0.6) is 0 Å². The predicted molar refractivity (Wildman–Crippen MR) is 86.0 cm³/mol. The van der Waals surface area contributed by atoms with Crippen LogP contribution >= 0.6 is 0 Å². The Morgan fingerprint density at radius 3 is 2.50 bits per heavy atom. The molecule has 3 nitrogen and oxygen atoms in total. The van der Waals surface area contributed by atoms with Gasteiger partial charge in [0.25, 0.3) is 0 Å². The van der Waals surface area contributed by atoms with Gasteiger partial charge in [-0.1, -0.05) is 45.4 Å². The second-order valence-electron chi connectivity index (χ2n) is 5.51. The van der Waals surface area contributed by atoms with Gasteiger partial charge in [-0.25, -0.2) is 0 Å². The summed E-state index contributed by atoms with van der Waals surface area (Å²) in [5.41, 5.74) is 2.15. The highest BCUT2D eigenvalue weighted by molar-refractivity contribution is 5.80. The van der Waals surface area contributed by atoms with Gasteiger partial charge in [-0.3, -0.25) is 4.79 Å². The quantitative estimate of drug-likeness (QED) is 0.761. The third kappa shape index (κ3) is 5.24. The first-order valence-electron chi connectivity index (χ1n) is 7.65. The van der Waals surface area contributed by atoms with E-state index in [0.717, 1.165) is 23.6 Å². The van der Waals surface area contributed by atoms with E-state index in [1.54, 1.807) is 7.05 Å². The SMILES string of the molecule is CCC(C)CC(CC)Nc1ccccc1CC(=O)NC. The standard InChI is InChI=1S/C17H28N2O/c1-5-13(3)11-15(6-2)19-16-10-8-7-9-14(16)12-17(20)18-4/h7-10,13,15,19H,5-6,11-12H2,1-4H3,(H,18,20). The van der Waals surface area contributed by atoms with E-state index in [4.69, 9.17) is 0 Å². The number of carbonyl (C=O) groups excluding carboxylic acids is 1. The molecule has 1 amide bonds. The van der Waals surface area contributed by atoms with E-state index in [1.165, 1.54) is 12.8 Å². The lowest BCUT2D eigenvalue weighted by Crippen LogP contribution is -2.24. The van der Waals surface area contributed by atoms with Crippen molar-refractivity contribution in [1.82, 2.24) is 5.32 Å². The molecule has 0 bridgehead atoms. The highest BCUT2D eigenvalue weighted by Crippen LogP contribution is 2.21. The number of carbonyl (C=O) groups is 1. The van der Waals surface area contributed by atoms with E-state index in [2.05, 4.69) is 37.5 Å². The van der Waals surface area contributed by atoms with E-state index in [0.29, 0.717) is 12.5 Å². The molecule has 0 heterocycles. The molecule has 0 aliphatic heterocycles. The Labute approximate surface area is 123 Å². The third-order valence-electron chi connectivity index (χ3n) is 3.88. The number of nitrogens with one attached hydrogen (secondary N) is 2. The number of hydrogen-bond acceptors (Lipinski definition) is 2. The minimum absolute atomic E-state index is 0.0502. The third-order valence-corrected chi connectivity index (χ3v) is 3.88. The molecule has 1 aromatic carbocycles. The Bertz CT molecular complexity index is 417. The second-order valence-corrected chi connectivity index (χ2v) is 5.51. The molecule has 0 aromatic heterocycles. The average molecular weight is 276 g/mol. The van der Waals surface area contributed by atoms with Gasteiger partial charge in [0, 0.05) is 18.8 Å². The zero-order valence-corrected chi connectivity index (χ0v) is 13.2. The summed E-state index contributed by atoms with van der Waals surface area (Å²) >= 11 is 0. The first-order chi connectivity index (χ1) is 9.60. The molecule has 1 rings (SSSR count). The minimum Gasteiger partial charge on any atom is -0.382 e. The van der Waals surface area contributed by atoms with Gasteiger partial charge in [-0.05, 0) is 30.4 Å². The van der Waals surface area contributed by atoms with E-state index in [9.17, 15) is 4.79 Å². The van der Waals surface area contributed by atoms with Crippen molar-refractivity contribution in [2.75, 3.05) is 12.4 Å². The molecule has 0 aliphatic rings. The molecule has 0 spiro atoms. The molecule has 3 heteroatoms. The van der Waals surface area contributed by atoms with Crippen molar-refractivity contribution in [3.63, 3.8) is 0 Å². The molecule has 0 aliphatic carbocycles. The van der Waals surface area contributed by atoms with Crippen LogP contribution in [0.4, 0.5) is 5.69 Å². The molecule has 0 radical (unpaired) electrons. The largest absolute Gasteiger partial charge is 0.382 e. The molecule has 2 atom stereocenters. The number of para-hydroxylation sites is 1. The normalized spacial score (nSPS) is 13.6. The Morgan fingerprint density at radius 2 is 1.90 bits per heavy atom.